The summed E-state index contributed by atoms with van der Waals surface area (Å²) in [7, 11) is 0. The maximum Gasteiger partial charge on any atom is 0.232 e. The molecule has 0 aliphatic carbocycles. The molecule has 0 aliphatic rings. The van der Waals surface area contributed by atoms with E-state index in [4.69, 9.17) is 18.0 Å². The summed E-state index contributed by atoms with van der Waals surface area (Å²) >= 11 is 4.93. The van der Waals surface area contributed by atoms with E-state index < -0.39 is 5.41 Å². The standard InChI is InChI=1S/C13H25N3O2S/c1-5-13(4,11(14)19)12(18)15-9-8-10(17)16(6-2)7-3/h5-9H2,1-4H3,(H2,14,19)(H,15,18). The average molecular weight is 287 g/mol. The van der Waals surface area contributed by atoms with E-state index in [0.717, 1.165) is 0 Å². The third-order valence-corrected chi connectivity index (χ3v) is 3.94. The highest BCUT2D eigenvalue weighted by Gasteiger charge is 2.34. The van der Waals surface area contributed by atoms with E-state index in [2.05, 4.69) is 5.32 Å². The second-order valence-corrected chi connectivity index (χ2v) is 5.06. The van der Waals surface area contributed by atoms with Crippen LogP contribution in [-0.4, -0.2) is 41.3 Å². The van der Waals surface area contributed by atoms with E-state index in [1.54, 1.807) is 11.8 Å². The highest BCUT2D eigenvalue weighted by Crippen LogP contribution is 2.21. The fourth-order valence-corrected chi connectivity index (χ4v) is 1.90. The van der Waals surface area contributed by atoms with Gasteiger partial charge in [0.05, 0.1) is 10.4 Å². The van der Waals surface area contributed by atoms with Crippen LogP contribution in [0.2, 0.25) is 0 Å². The maximum atomic E-state index is 12.0. The summed E-state index contributed by atoms with van der Waals surface area (Å²) in [6.07, 6.45) is 0.836. The third-order valence-electron chi connectivity index (χ3n) is 3.49. The maximum absolute atomic E-state index is 12.0. The molecule has 0 fully saturated rings. The minimum atomic E-state index is -0.840. The smallest absolute Gasteiger partial charge is 0.232 e. The summed E-state index contributed by atoms with van der Waals surface area (Å²) in [6.45, 7) is 9.12. The summed E-state index contributed by atoms with van der Waals surface area (Å²) in [5, 5.41) is 2.74. The number of carbonyl (C=O) groups excluding carboxylic acids is 2. The number of nitrogens with one attached hydrogen (secondary N) is 1. The molecular formula is C13H25N3O2S. The summed E-state index contributed by atoms with van der Waals surface area (Å²) in [5.74, 6) is -0.173. The highest BCUT2D eigenvalue weighted by atomic mass is 32.1. The van der Waals surface area contributed by atoms with Crippen LogP contribution in [0.1, 0.15) is 40.5 Å². The fraction of sp³-hybridized carbons (Fsp3) is 0.769. The molecule has 0 aliphatic heterocycles. The molecule has 0 aromatic heterocycles. The number of hydrogen-bond donors (Lipinski definition) is 2. The molecule has 1 unspecified atom stereocenters. The van der Waals surface area contributed by atoms with Gasteiger partial charge in [-0.05, 0) is 27.2 Å². The molecule has 0 spiro atoms. The first kappa shape index (κ1) is 17.8. The quantitative estimate of drug-likeness (QED) is 0.655. The van der Waals surface area contributed by atoms with Gasteiger partial charge in [-0.15, -0.1) is 0 Å². The van der Waals surface area contributed by atoms with E-state index in [0.29, 0.717) is 32.5 Å². The van der Waals surface area contributed by atoms with Crippen LogP contribution >= 0.6 is 12.2 Å². The van der Waals surface area contributed by atoms with Crippen LogP contribution in [0.15, 0.2) is 0 Å². The van der Waals surface area contributed by atoms with Gasteiger partial charge in [0.25, 0.3) is 0 Å². The minimum Gasteiger partial charge on any atom is -0.392 e. The lowest BCUT2D eigenvalue weighted by Gasteiger charge is -2.25. The van der Waals surface area contributed by atoms with Gasteiger partial charge in [-0.3, -0.25) is 9.59 Å². The van der Waals surface area contributed by atoms with Crippen molar-refractivity contribution in [2.45, 2.75) is 40.5 Å². The van der Waals surface area contributed by atoms with Crippen molar-refractivity contribution in [2.24, 2.45) is 11.1 Å². The molecule has 110 valence electrons. The molecule has 0 bridgehead atoms. The van der Waals surface area contributed by atoms with Crippen LogP contribution in [0.4, 0.5) is 0 Å². The lowest BCUT2D eigenvalue weighted by Crippen LogP contribution is -2.47. The molecule has 0 saturated heterocycles. The second-order valence-electron chi connectivity index (χ2n) is 4.62. The minimum absolute atomic E-state index is 0.0406. The zero-order chi connectivity index (χ0) is 15.1. The molecule has 1 atom stereocenters. The first-order valence-electron chi connectivity index (χ1n) is 6.69. The van der Waals surface area contributed by atoms with Crippen LogP contribution in [0.5, 0.6) is 0 Å². The van der Waals surface area contributed by atoms with Crippen molar-refractivity contribution in [3.05, 3.63) is 0 Å². The molecule has 19 heavy (non-hydrogen) atoms. The molecule has 0 aromatic rings. The van der Waals surface area contributed by atoms with E-state index in [1.807, 2.05) is 20.8 Å². The fourth-order valence-electron chi connectivity index (χ4n) is 1.66. The molecule has 6 heteroatoms. The van der Waals surface area contributed by atoms with Gasteiger partial charge in [-0.2, -0.15) is 0 Å². The van der Waals surface area contributed by atoms with E-state index in [1.165, 1.54) is 0 Å². The van der Waals surface area contributed by atoms with Crippen molar-refractivity contribution in [1.29, 1.82) is 0 Å². The predicted molar refractivity (Wildman–Crippen MR) is 80.7 cm³/mol. The van der Waals surface area contributed by atoms with Gasteiger partial charge in [0.2, 0.25) is 11.8 Å². The van der Waals surface area contributed by atoms with Gasteiger partial charge in [0.15, 0.2) is 0 Å². The van der Waals surface area contributed by atoms with Crippen LogP contribution in [0.25, 0.3) is 0 Å². The van der Waals surface area contributed by atoms with Crippen molar-refractivity contribution in [1.82, 2.24) is 10.2 Å². The van der Waals surface area contributed by atoms with Crippen molar-refractivity contribution in [3.8, 4) is 0 Å². The molecule has 3 N–H and O–H groups in total. The lowest BCUT2D eigenvalue weighted by molar-refractivity contribution is -0.131. The lowest BCUT2D eigenvalue weighted by atomic mass is 9.86. The first-order chi connectivity index (χ1) is 8.83. The third kappa shape index (κ3) is 4.78. The van der Waals surface area contributed by atoms with Crippen LogP contribution in [0, 0.1) is 5.41 Å². The number of carbonyl (C=O) groups is 2. The van der Waals surface area contributed by atoms with Gasteiger partial charge in [0, 0.05) is 26.1 Å². The number of hydrogen-bond acceptors (Lipinski definition) is 3. The van der Waals surface area contributed by atoms with E-state index in [-0.39, 0.29) is 16.8 Å². The Morgan fingerprint density at radius 3 is 2.16 bits per heavy atom. The highest BCUT2D eigenvalue weighted by molar-refractivity contribution is 7.80. The van der Waals surface area contributed by atoms with Crippen LogP contribution in [-0.2, 0) is 9.59 Å². The average Bonchev–Trinajstić information content (AvgIpc) is 2.38. The van der Waals surface area contributed by atoms with Crippen molar-refractivity contribution < 1.29 is 9.59 Å². The van der Waals surface area contributed by atoms with Gasteiger partial charge < -0.3 is 16.0 Å². The molecule has 0 heterocycles. The second kappa shape index (κ2) is 8.09. The van der Waals surface area contributed by atoms with Crippen LogP contribution < -0.4 is 11.1 Å². The monoisotopic (exact) mass is 287 g/mol. The van der Waals surface area contributed by atoms with Crippen LogP contribution in [0.3, 0.4) is 0 Å². The molecule has 5 nitrogen and oxygen atoms in total. The molecule has 2 amide bonds. The van der Waals surface area contributed by atoms with E-state index in [9.17, 15) is 9.59 Å². The Hall–Kier alpha value is -1.17. The van der Waals surface area contributed by atoms with Crippen molar-refractivity contribution in [3.63, 3.8) is 0 Å². The Morgan fingerprint density at radius 1 is 1.26 bits per heavy atom. The molecular weight excluding hydrogens is 262 g/mol. The van der Waals surface area contributed by atoms with Crippen molar-refractivity contribution >= 4 is 29.0 Å². The Kier molecular flexibility index (Phi) is 7.59. The molecule has 0 rings (SSSR count). The Morgan fingerprint density at radius 2 is 1.79 bits per heavy atom. The van der Waals surface area contributed by atoms with Gasteiger partial charge in [0.1, 0.15) is 0 Å². The summed E-state index contributed by atoms with van der Waals surface area (Å²) < 4.78 is 0. The van der Waals surface area contributed by atoms with Gasteiger partial charge in [-0.25, -0.2) is 0 Å². The van der Waals surface area contributed by atoms with Crippen molar-refractivity contribution in [2.75, 3.05) is 19.6 Å². The number of nitrogens with zero attached hydrogens (tertiary/aromatic N) is 1. The Bertz CT molecular complexity index is 343. The predicted octanol–water partition coefficient (Wildman–Crippen LogP) is 1.06. The summed E-state index contributed by atoms with van der Waals surface area (Å²) in [6, 6.07) is 0. The zero-order valence-corrected chi connectivity index (χ0v) is 13.1. The number of amides is 2. The number of nitrogens with two attached hydrogens (primary N) is 1. The zero-order valence-electron chi connectivity index (χ0n) is 12.3. The molecule has 0 radical (unpaired) electrons. The Balaban J connectivity index is 4.32. The number of rotatable bonds is 8. The van der Waals surface area contributed by atoms with Gasteiger partial charge in [-0.1, -0.05) is 19.1 Å². The first-order valence-corrected chi connectivity index (χ1v) is 7.10. The summed E-state index contributed by atoms with van der Waals surface area (Å²) in [4.78, 5) is 25.7. The molecule has 0 saturated carbocycles. The topological polar surface area (TPSA) is 75.4 Å². The summed E-state index contributed by atoms with van der Waals surface area (Å²) in [5.41, 5.74) is 4.76. The SMILES string of the molecule is CCN(CC)C(=O)CCNC(=O)C(C)(CC)C(N)=S. The Labute approximate surface area is 120 Å². The normalized spacial score (nSPS) is 13.5. The van der Waals surface area contributed by atoms with Gasteiger partial charge >= 0.3 is 0 Å². The number of thiocarbonyl (C=S) groups is 1. The molecule has 0 aromatic carbocycles. The largest absolute Gasteiger partial charge is 0.392 e. The van der Waals surface area contributed by atoms with E-state index >= 15 is 0 Å².